The zero-order chi connectivity index (χ0) is 27.9. The van der Waals surface area contributed by atoms with Gasteiger partial charge in [0.1, 0.15) is 29.9 Å². The molecule has 39 heavy (non-hydrogen) atoms. The van der Waals surface area contributed by atoms with Crippen LogP contribution in [0.3, 0.4) is 0 Å². The number of rotatable bonds is 7. The number of piperidine rings is 1. The second-order valence-electron chi connectivity index (χ2n) is 9.85. The van der Waals surface area contributed by atoms with Gasteiger partial charge >= 0.3 is 0 Å². The van der Waals surface area contributed by atoms with Crippen LogP contribution in [0.15, 0.2) is 37.1 Å². The number of pyridine rings is 1. The van der Waals surface area contributed by atoms with Gasteiger partial charge < -0.3 is 30.8 Å². The average Bonchev–Trinajstić information content (AvgIpc) is 3.33. The summed E-state index contributed by atoms with van der Waals surface area (Å²) in [5, 5.41) is 10.5. The van der Waals surface area contributed by atoms with Crippen LogP contribution in [0.4, 0.5) is 24.7 Å². The van der Waals surface area contributed by atoms with Crippen LogP contribution in [0, 0.1) is 11.6 Å². The lowest BCUT2D eigenvalue weighted by molar-refractivity contribution is 0.0139. The Hall–Kier alpha value is -3.97. The molecule has 0 bridgehead atoms. The summed E-state index contributed by atoms with van der Waals surface area (Å²) in [6.07, 6.45) is 2.62. The number of aliphatic hydroxyl groups excluding tert-OH is 1. The van der Waals surface area contributed by atoms with E-state index in [-0.39, 0.29) is 35.9 Å². The van der Waals surface area contributed by atoms with Crippen molar-refractivity contribution < 1.29 is 23.0 Å². The van der Waals surface area contributed by atoms with E-state index in [1.165, 1.54) is 20.4 Å². The first-order valence-corrected chi connectivity index (χ1v) is 12.4. The molecule has 0 saturated carbocycles. The lowest BCUT2D eigenvalue weighted by atomic mass is 9.82. The highest BCUT2D eigenvalue weighted by atomic mass is 19.1. The van der Waals surface area contributed by atoms with E-state index in [4.69, 9.17) is 16.2 Å². The largest absolute Gasteiger partial charge is 0.494 e. The Balaban J connectivity index is 1.60. The summed E-state index contributed by atoms with van der Waals surface area (Å²) >= 11 is 0. The highest BCUT2D eigenvalue weighted by Crippen LogP contribution is 2.34. The summed E-state index contributed by atoms with van der Waals surface area (Å²) in [5.41, 5.74) is 13.6. The summed E-state index contributed by atoms with van der Waals surface area (Å²) in [4.78, 5) is 18.9. The molecule has 1 unspecified atom stereocenters. The first-order chi connectivity index (χ1) is 18.6. The van der Waals surface area contributed by atoms with Gasteiger partial charge in [-0.2, -0.15) is 0 Å². The molecule has 0 amide bonds. The number of aromatic nitrogens is 5. The zero-order valence-corrected chi connectivity index (χ0v) is 21.5. The van der Waals surface area contributed by atoms with Crippen LogP contribution < -0.4 is 21.1 Å². The van der Waals surface area contributed by atoms with Gasteiger partial charge in [-0.1, -0.05) is 0 Å². The van der Waals surface area contributed by atoms with Crippen LogP contribution in [0.25, 0.3) is 22.4 Å². The number of anilines is 2. The second-order valence-corrected chi connectivity index (χ2v) is 9.85. The van der Waals surface area contributed by atoms with Crippen molar-refractivity contribution in [3.8, 4) is 17.0 Å². The van der Waals surface area contributed by atoms with Crippen molar-refractivity contribution in [2.24, 2.45) is 5.73 Å². The number of fused-ring (bicyclic) bond motifs is 1. The van der Waals surface area contributed by atoms with Crippen molar-refractivity contribution in [2.75, 3.05) is 30.8 Å². The Bertz CT molecular complexity index is 1510. The maximum atomic E-state index is 15.0. The number of imidazole rings is 1. The molecule has 1 aromatic carbocycles. The number of benzene rings is 1. The molecule has 5 N–H and O–H groups in total. The highest BCUT2D eigenvalue weighted by molar-refractivity contribution is 5.81. The molecule has 1 aliphatic heterocycles. The summed E-state index contributed by atoms with van der Waals surface area (Å²) < 4.78 is 50.2. The van der Waals surface area contributed by atoms with Crippen molar-refractivity contribution in [2.45, 2.75) is 44.1 Å². The van der Waals surface area contributed by atoms with Gasteiger partial charge in [0.2, 0.25) is 0 Å². The molecule has 0 radical (unpaired) electrons. The summed E-state index contributed by atoms with van der Waals surface area (Å²) in [6.45, 7) is 2.24. The quantitative estimate of drug-likeness (QED) is 0.321. The van der Waals surface area contributed by atoms with Gasteiger partial charge in [-0.3, -0.25) is 4.98 Å². The molecule has 10 nitrogen and oxygen atoms in total. The first kappa shape index (κ1) is 26.6. The summed E-state index contributed by atoms with van der Waals surface area (Å²) in [7, 11) is 1.26. The first-order valence-electron chi connectivity index (χ1n) is 12.4. The fourth-order valence-electron chi connectivity index (χ4n) is 5.14. The fourth-order valence-corrected chi connectivity index (χ4v) is 5.14. The van der Waals surface area contributed by atoms with E-state index in [1.807, 2.05) is 4.90 Å². The Morgan fingerprint density at radius 3 is 2.69 bits per heavy atom. The number of aliphatic hydroxyl groups is 1. The normalized spacial score (nSPS) is 19.3. The van der Waals surface area contributed by atoms with Gasteiger partial charge in [0, 0.05) is 24.7 Å². The second kappa shape index (κ2) is 10.3. The van der Waals surface area contributed by atoms with Crippen LogP contribution in [0.2, 0.25) is 0 Å². The number of nitrogen functional groups attached to an aromatic ring is 1. The third kappa shape index (κ3) is 4.94. The van der Waals surface area contributed by atoms with Crippen LogP contribution in [-0.4, -0.2) is 67.6 Å². The lowest BCUT2D eigenvalue weighted by Gasteiger charge is -2.44. The smallest absolute Gasteiger partial charge is 0.165 e. The molecule has 4 heterocycles. The fraction of sp³-hybridized carbons (Fsp3) is 0.385. The minimum atomic E-state index is -1.51. The molecular formula is C26H29F3N8O2. The van der Waals surface area contributed by atoms with Crippen LogP contribution in [0.5, 0.6) is 5.75 Å². The van der Waals surface area contributed by atoms with E-state index in [9.17, 15) is 18.3 Å². The minimum absolute atomic E-state index is 0.0448. The van der Waals surface area contributed by atoms with E-state index >= 15 is 0 Å². The predicted molar refractivity (Wildman–Crippen MR) is 140 cm³/mol. The van der Waals surface area contributed by atoms with E-state index in [2.05, 4.69) is 19.9 Å². The zero-order valence-electron chi connectivity index (χ0n) is 21.5. The number of hydrogen-bond acceptors (Lipinski definition) is 9. The number of alkyl halides is 1. The molecule has 0 aliphatic carbocycles. The molecule has 4 aromatic rings. The maximum absolute atomic E-state index is 15.0. The van der Waals surface area contributed by atoms with Gasteiger partial charge in [0.25, 0.3) is 0 Å². The molecule has 5 rings (SSSR count). The van der Waals surface area contributed by atoms with Gasteiger partial charge in [-0.25, -0.2) is 28.1 Å². The highest BCUT2D eigenvalue weighted by Gasteiger charge is 2.41. The summed E-state index contributed by atoms with van der Waals surface area (Å²) in [6, 6.07) is 3.65. The number of nitrogens with two attached hydrogens (primary N) is 2. The molecule has 3 atom stereocenters. The Morgan fingerprint density at radius 1 is 1.15 bits per heavy atom. The molecule has 206 valence electrons. The summed E-state index contributed by atoms with van der Waals surface area (Å²) in [5.74, 6) is -1.42. The van der Waals surface area contributed by atoms with E-state index in [0.717, 1.165) is 12.1 Å². The Labute approximate surface area is 222 Å². The third-order valence-corrected chi connectivity index (χ3v) is 7.17. The van der Waals surface area contributed by atoms with Crippen LogP contribution in [-0.2, 0) is 6.54 Å². The van der Waals surface area contributed by atoms with Crippen molar-refractivity contribution >= 4 is 22.7 Å². The molecular weight excluding hydrogens is 513 g/mol. The van der Waals surface area contributed by atoms with Crippen LogP contribution >= 0.6 is 0 Å². The molecule has 3 aromatic heterocycles. The molecule has 1 saturated heterocycles. The van der Waals surface area contributed by atoms with Crippen molar-refractivity contribution in [3.63, 3.8) is 0 Å². The van der Waals surface area contributed by atoms with Gasteiger partial charge in [0.15, 0.2) is 23.0 Å². The topological polar surface area (TPSA) is 141 Å². The van der Waals surface area contributed by atoms with E-state index in [0.29, 0.717) is 41.8 Å². The number of methoxy groups -OCH3 is 1. The molecule has 13 heteroatoms. The molecule has 1 aliphatic rings. The number of hydrogen-bond donors (Lipinski definition) is 3. The number of nitrogens with zero attached hydrogens (tertiary/aromatic N) is 6. The van der Waals surface area contributed by atoms with Gasteiger partial charge in [-0.05, 0) is 37.5 Å². The van der Waals surface area contributed by atoms with E-state index in [1.54, 1.807) is 23.2 Å². The minimum Gasteiger partial charge on any atom is -0.494 e. The van der Waals surface area contributed by atoms with Crippen LogP contribution in [0.1, 0.15) is 25.3 Å². The number of ether oxygens (including phenoxy) is 1. The molecule has 1 fully saturated rings. The predicted octanol–water partition coefficient (Wildman–Crippen LogP) is 2.82. The maximum Gasteiger partial charge on any atom is 0.165 e. The Morgan fingerprint density at radius 2 is 1.95 bits per heavy atom. The molecule has 0 spiro atoms. The third-order valence-electron chi connectivity index (χ3n) is 7.17. The monoisotopic (exact) mass is 542 g/mol. The number of halogens is 3. The van der Waals surface area contributed by atoms with Gasteiger partial charge in [-0.15, -0.1) is 0 Å². The average molecular weight is 543 g/mol. The lowest BCUT2D eigenvalue weighted by Crippen LogP contribution is -2.63. The standard InChI is InChI=1S/C26H29F3N8O2/c1-14(27)23(38)26(31)4-3-5-36(11-26)20-9-32-19(16-7-18(29)21(39-2)8-17(16)28)6-15(20)10-37-13-35-22-24(30)33-12-34-25(22)37/h6-9,12-14,23,38H,3-5,10-11,31H2,1-2H3,(H2,30,33,34)/t14?,23-,26+/m0/s1. The van der Waals surface area contributed by atoms with Crippen molar-refractivity contribution in [3.05, 3.63) is 54.2 Å². The van der Waals surface area contributed by atoms with Crippen molar-refractivity contribution in [1.29, 1.82) is 0 Å². The van der Waals surface area contributed by atoms with Crippen molar-refractivity contribution in [1.82, 2.24) is 24.5 Å². The van der Waals surface area contributed by atoms with E-state index < -0.39 is 29.4 Å². The van der Waals surface area contributed by atoms with Gasteiger partial charge in [0.05, 0.1) is 43.1 Å². The SMILES string of the molecule is COc1cc(F)c(-c2cc(Cn3cnc4c(N)ncnc43)c(N3CCC[C@](N)([C@@H](O)C(C)F)C3)cn2)cc1F. The Kier molecular flexibility index (Phi) is 7.03.